The van der Waals surface area contributed by atoms with Gasteiger partial charge in [-0.1, -0.05) is 0 Å². The quantitative estimate of drug-likeness (QED) is 0.623. The summed E-state index contributed by atoms with van der Waals surface area (Å²) < 4.78 is 6.31. The van der Waals surface area contributed by atoms with E-state index in [0.717, 1.165) is 0 Å². The van der Waals surface area contributed by atoms with Crippen LogP contribution in [0.2, 0.25) is 0 Å². The van der Waals surface area contributed by atoms with Crippen molar-refractivity contribution in [2.24, 2.45) is 7.05 Å². The lowest BCUT2D eigenvalue weighted by molar-refractivity contribution is 0.402. The molecule has 0 aromatic carbocycles. The number of nitrogens with zero attached hydrogens (tertiary/aromatic N) is 3. The minimum absolute atomic E-state index is 0.0731. The van der Waals surface area contributed by atoms with E-state index < -0.39 is 0 Å². The van der Waals surface area contributed by atoms with Gasteiger partial charge in [0.15, 0.2) is 5.65 Å². The minimum atomic E-state index is -0.279. The van der Waals surface area contributed by atoms with Crippen molar-refractivity contribution >= 4 is 17.1 Å². The number of anilines is 1. The van der Waals surface area contributed by atoms with Crippen LogP contribution in [0.3, 0.4) is 0 Å². The van der Waals surface area contributed by atoms with Crippen LogP contribution in [-0.2, 0) is 7.05 Å². The number of imidazole rings is 1. The van der Waals surface area contributed by atoms with E-state index >= 15 is 0 Å². The monoisotopic (exact) mass is 195 g/mol. The summed E-state index contributed by atoms with van der Waals surface area (Å²) in [5.74, 6) is 0.342. The molecule has 0 atom stereocenters. The molecule has 14 heavy (non-hydrogen) atoms. The molecule has 0 unspecified atom stereocenters. The molecule has 0 aliphatic heterocycles. The van der Waals surface area contributed by atoms with Crippen molar-refractivity contribution in [1.29, 1.82) is 0 Å². The highest BCUT2D eigenvalue weighted by Crippen LogP contribution is 2.18. The minimum Gasteiger partial charge on any atom is -0.479 e. The van der Waals surface area contributed by atoms with Crippen molar-refractivity contribution in [3.63, 3.8) is 0 Å². The first-order chi connectivity index (χ1) is 6.63. The van der Waals surface area contributed by atoms with Crippen LogP contribution in [0.5, 0.6) is 5.88 Å². The molecule has 7 nitrogen and oxygen atoms in total. The molecule has 0 saturated heterocycles. The summed E-state index contributed by atoms with van der Waals surface area (Å²) in [5.41, 5.74) is 6.05. The van der Waals surface area contributed by atoms with Gasteiger partial charge >= 0.3 is 5.69 Å². The summed E-state index contributed by atoms with van der Waals surface area (Å²) in [5, 5.41) is 0. The second-order valence-corrected chi connectivity index (χ2v) is 2.78. The van der Waals surface area contributed by atoms with Crippen LogP contribution in [0.15, 0.2) is 4.79 Å². The third-order valence-corrected chi connectivity index (χ3v) is 1.92. The molecule has 0 amide bonds. The Morgan fingerprint density at radius 3 is 2.86 bits per heavy atom. The number of methoxy groups -OCH3 is 1. The first kappa shape index (κ1) is 8.54. The van der Waals surface area contributed by atoms with E-state index in [4.69, 9.17) is 10.5 Å². The van der Waals surface area contributed by atoms with Gasteiger partial charge < -0.3 is 10.5 Å². The van der Waals surface area contributed by atoms with Gasteiger partial charge in [-0.05, 0) is 0 Å². The molecule has 3 N–H and O–H groups in total. The van der Waals surface area contributed by atoms with Gasteiger partial charge in [-0.3, -0.25) is 9.55 Å². The average Bonchev–Trinajstić information content (AvgIpc) is 2.43. The highest BCUT2D eigenvalue weighted by atomic mass is 16.5. The third kappa shape index (κ3) is 1.02. The number of fused-ring (bicyclic) bond motifs is 1. The van der Waals surface area contributed by atoms with Crippen molar-refractivity contribution in [3.05, 3.63) is 10.5 Å². The van der Waals surface area contributed by atoms with Crippen molar-refractivity contribution in [2.45, 2.75) is 0 Å². The Balaban J connectivity index is 2.94. The van der Waals surface area contributed by atoms with E-state index in [1.807, 2.05) is 0 Å². The number of H-pyrrole nitrogens is 1. The van der Waals surface area contributed by atoms with E-state index in [2.05, 4.69) is 15.0 Å². The largest absolute Gasteiger partial charge is 0.479 e. The fourth-order valence-electron chi connectivity index (χ4n) is 1.23. The highest BCUT2D eigenvalue weighted by molar-refractivity contribution is 5.77. The van der Waals surface area contributed by atoms with Crippen LogP contribution in [0.25, 0.3) is 11.2 Å². The van der Waals surface area contributed by atoms with Gasteiger partial charge in [-0.15, -0.1) is 0 Å². The van der Waals surface area contributed by atoms with E-state index in [1.165, 1.54) is 11.7 Å². The molecule has 2 aromatic rings. The van der Waals surface area contributed by atoms with Crippen LogP contribution in [0, 0.1) is 0 Å². The topological polar surface area (TPSA) is 98.8 Å². The maximum atomic E-state index is 11.3. The van der Waals surface area contributed by atoms with Gasteiger partial charge in [0.1, 0.15) is 5.52 Å². The van der Waals surface area contributed by atoms with Gasteiger partial charge in [0.05, 0.1) is 7.11 Å². The lowest BCUT2D eigenvalue weighted by Crippen LogP contribution is -2.12. The highest BCUT2D eigenvalue weighted by Gasteiger charge is 2.12. The fraction of sp³-hybridized carbons (Fsp3) is 0.286. The average molecular weight is 195 g/mol. The van der Waals surface area contributed by atoms with Gasteiger partial charge in [0.25, 0.3) is 0 Å². The fourth-order valence-corrected chi connectivity index (χ4v) is 1.23. The number of aryl methyl sites for hydroxylation is 1. The van der Waals surface area contributed by atoms with E-state index in [0.29, 0.717) is 11.2 Å². The van der Waals surface area contributed by atoms with E-state index in [1.54, 1.807) is 7.05 Å². The number of nitrogens with one attached hydrogen (secondary N) is 1. The predicted octanol–water partition coefficient (Wildman–Crippen LogP) is -0.753. The number of hydrogen-bond donors (Lipinski definition) is 2. The smallest absolute Gasteiger partial charge is 0.327 e. The summed E-state index contributed by atoms with van der Waals surface area (Å²) in [6.07, 6.45) is 0. The molecule has 0 aliphatic carbocycles. The zero-order chi connectivity index (χ0) is 10.3. The standard InChI is InChI=1S/C7H9N5O2/c1-12-4-3(9-7(12)13)5(14-2)11-6(8)10-4/h1-2H3,(H,9,13)(H2,8,10,11). The van der Waals surface area contributed by atoms with Crippen molar-refractivity contribution in [1.82, 2.24) is 19.5 Å². The summed E-state index contributed by atoms with van der Waals surface area (Å²) in [6.45, 7) is 0. The third-order valence-electron chi connectivity index (χ3n) is 1.92. The zero-order valence-electron chi connectivity index (χ0n) is 7.74. The molecule has 0 fully saturated rings. The lowest BCUT2D eigenvalue weighted by atomic mass is 10.5. The van der Waals surface area contributed by atoms with Crippen molar-refractivity contribution in [2.75, 3.05) is 12.8 Å². The molecule has 2 heterocycles. The summed E-state index contributed by atoms with van der Waals surface area (Å²) in [4.78, 5) is 21.6. The summed E-state index contributed by atoms with van der Waals surface area (Å²) >= 11 is 0. The molecule has 2 aromatic heterocycles. The number of aromatic amines is 1. The van der Waals surface area contributed by atoms with Crippen LogP contribution < -0.4 is 16.2 Å². The Hall–Kier alpha value is -2.05. The zero-order valence-corrected chi connectivity index (χ0v) is 7.74. The first-order valence-electron chi connectivity index (χ1n) is 3.89. The second kappa shape index (κ2) is 2.72. The number of rotatable bonds is 1. The Bertz CT molecular complexity index is 541. The van der Waals surface area contributed by atoms with Gasteiger partial charge in [0.2, 0.25) is 11.8 Å². The number of nitrogen functional groups attached to an aromatic ring is 1. The van der Waals surface area contributed by atoms with Gasteiger partial charge in [-0.2, -0.15) is 9.97 Å². The Kier molecular flexibility index (Phi) is 1.66. The molecule has 2 rings (SSSR count). The molecule has 0 aliphatic rings. The molecule has 0 spiro atoms. The lowest BCUT2D eigenvalue weighted by Gasteiger charge is -2.00. The molecule has 0 bridgehead atoms. The summed E-state index contributed by atoms with van der Waals surface area (Å²) in [7, 11) is 3.04. The Morgan fingerprint density at radius 2 is 2.21 bits per heavy atom. The maximum absolute atomic E-state index is 11.3. The number of aromatic nitrogens is 4. The van der Waals surface area contributed by atoms with Gasteiger partial charge in [0, 0.05) is 7.05 Å². The van der Waals surface area contributed by atoms with Crippen LogP contribution in [0.4, 0.5) is 5.95 Å². The molecule has 0 saturated carbocycles. The van der Waals surface area contributed by atoms with E-state index in [-0.39, 0.29) is 17.5 Å². The van der Waals surface area contributed by atoms with Crippen molar-refractivity contribution in [3.8, 4) is 5.88 Å². The Labute approximate surface area is 78.5 Å². The molecular formula is C7H9N5O2. The molecule has 74 valence electrons. The summed E-state index contributed by atoms with van der Waals surface area (Å²) in [6, 6.07) is 0. The molecular weight excluding hydrogens is 186 g/mol. The van der Waals surface area contributed by atoms with Crippen LogP contribution in [-0.4, -0.2) is 26.6 Å². The molecule has 0 radical (unpaired) electrons. The predicted molar refractivity (Wildman–Crippen MR) is 50.1 cm³/mol. The Morgan fingerprint density at radius 1 is 1.50 bits per heavy atom. The van der Waals surface area contributed by atoms with E-state index in [9.17, 15) is 4.79 Å². The SMILES string of the molecule is COc1nc(N)nc2c1[nH]c(=O)n2C. The van der Waals surface area contributed by atoms with Crippen LogP contribution >= 0.6 is 0 Å². The van der Waals surface area contributed by atoms with Crippen LogP contribution in [0.1, 0.15) is 0 Å². The molecule has 7 heteroatoms. The number of ether oxygens (including phenoxy) is 1. The second-order valence-electron chi connectivity index (χ2n) is 2.78. The first-order valence-corrected chi connectivity index (χ1v) is 3.89. The number of nitrogens with two attached hydrogens (primary N) is 1. The normalized spacial score (nSPS) is 10.7. The van der Waals surface area contributed by atoms with Gasteiger partial charge in [-0.25, -0.2) is 4.79 Å². The van der Waals surface area contributed by atoms with Crippen molar-refractivity contribution < 1.29 is 4.74 Å². The number of hydrogen-bond acceptors (Lipinski definition) is 5. The maximum Gasteiger partial charge on any atom is 0.327 e.